The molecule has 1 atom stereocenters. The summed E-state index contributed by atoms with van der Waals surface area (Å²) in [6.07, 6.45) is 22.4. The van der Waals surface area contributed by atoms with E-state index in [0.29, 0.717) is 12.9 Å². The van der Waals surface area contributed by atoms with Crippen LogP contribution < -0.4 is 4.74 Å². The summed E-state index contributed by atoms with van der Waals surface area (Å²) in [6.45, 7) is 8.31. The van der Waals surface area contributed by atoms with Gasteiger partial charge in [0.15, 0.2) is 21.5 Å². The van der Waals surface area contributed by atoms with E-state index in [1.165, 1.54) is 46.8 Å². The Morgan fingerprint density at radius 3 is 2.28 bits per heavy atom. The van der Waals surface area contributed by atoms with Gasteiger partial charge in [-0.1, -0.05) is 25.3 Å². The van der Waals surface area contributed by atoms with Crippen molar-refractivity contribution in [2.75, 3.05) is 6.79 Å². The van der Waals surface area contributed by atoms with Crippen LogP contribution in [-0.4, -0.2) is 12.9 Å². The summed E-state index contributed by atoms with van der Waals surface area (Å²) >= 11 is 0. The molecule has 0 aromatic heterocycles. The summed E-state index contributed by atoms with van der Waals surface area (Å²) < 4.78 is 12.3. The molecule has 4 saturated carbocycles. The second-order valence-corrected chi connectivity index (χ2v) is 11.7. The molecule has 5 aliphatic rings. The minimum atomic E-state index is -0.173. The summed E-state index contributed by atoms with van der Waals surface area (Å²) in [5.74, 6) is 4.37. The Labute approximate surface area is 196 Å². The number of hydrogen-bond acceptors (Lipinski definition) is 2. The first-order valence-electron chi connectivity index (χ1n) is 12.2. The van der Waals surface area contributed by atoms with Gasteiger partial charge in [0.2, 0.25) is 0 Å². The summed E-state index contributed by atoms with van der Waals surface area (Å²) in [7, 11) is -0.173. The molecule has 0 amide bonds. The van der Waals surface area contributed by atoms with Crippen LogP contribution in [0.2, 0.25) is 0 Å². The monoisotopic (exact) mass is 447 g/mol. The summed E-state index contributed by atoms with van der Waals surface area (Å²) in [5, 5.41) is 0. The Bertz CT molecular complexity index is 895. The number of ether oxygens (including phenoxy) is 2. The van der Waals surface area contributed by atoms with E-state index in [9.17, 15) is 0 Å². The van der Waals surface area contributed by atoms with E-state index in [4.69, 9.17) is 9.47 Å². The van der Waals surface area contributed by atoms with E-state index in [1.807, 2.05) is 12.2 Å². The van der Waals surface area contributed by atoms with E-state index in [-0.39, 0.29) is 10.9 Å². The molecule has 0 saturated heterocycles. The van der Waals surface area contributed by atoms with E-state index in [2.05, 4.69) is 61.7 Å². The lowest BCUT2D eigenvalue weighted by Crippen LogP contribution is -2.49. The maximum Gasteiger partial charge on any atom is 0.189 e. The standard InChI is InChI=1S/C29H35O2S/c1-3-8-26(4-2)32(27-9-6-5-7-10-27)28-13-11-25(12-14-28)30-20-31-29-23-16-21-15-22(18-23)19-24(29)17-21/h3-4,6,8-14,21-24,29H,1-2,5,7,15-20H2/q+1/b26-8+. The van der Waals surface area contributed by atoms with Gasteiger partial charge in [-0.25, -0.2) is 0 Å². The molecule has 4 bridgehead atoms. The quantitative estimate of drug-likeness (QED) is 0.224. The van der Waals surface area contributed by atoms with Crippen LogP contribution in [0.25, 0.3) is 0 Å². The third-order valence-electron chi connectivity index (χ3n) is 7.60. The molecular weight excluding hydrogens is 412 g/mol. The Morgan fingerprint density at radius 1 is 0.969 bits per heavy atom. The molecule has 1 aromatic carbocycles. The van der Waals surface area contributed by atoms with Crippen molar-refractivity contribution < 1.29 is 9.47 Å². The molecule has 0 heterocycles. The van der Waals surface area contributed by atoms with Crippen LogP contribution in [0.5, 0.6) is 5.75 Å². The Balaban J connectivity index is 1.23. The molecule has 4 fully saturated rings. The predicted molar refractivity (Wildman–Crippen MR) is 134 cm³/mol. The van der Waals surface area contributed by atoms with Gasteiger partial charge in [0.1, 0.15) is 5.75 Å². The van der Waals surface area contributed by atoms with Crippen LogP contribution in [-0.2, 0) is 15.6 Å². The Hall–Kier alpha value is -1.97. The SMILES string of the molecule is C=C/C=C(\C=C)[S+](C1=CCCC=C1)c1ccc(OCOC2C3CC4CC(C3)CC2C4)cc1. The van der Waals surface area contributed by atoms with Crippen molar-refractivity contribution in [2.45, 2.75) is 55.9 Å². The fourth-order valence-corrected chi connectivity index (χ4v) is 8.63. The van der Waals surface area contributed by atoms with Crippen molar-refractivity contribution in [3.05, 3.63) is 83.7 Å². The van der Waals surface area contributed by atoms with Crippen LogP contribution >= 0.6 is 0 Å². The third-order valence-corrected chi connectivity index (χ3v) is 9.89. The van der Waals surface area contributed by atoms with Crippen molar-refractivity contribution >= 4 is 10.9 Å². The van der Waals surface area contributed by atoms with Crippen molar-refractivity contribution in [3.63, 3.8) is 0 Å². The second kappa shape index (κ2) is 9.89. The summed E-state index contributed by atoms with van der Waals surface area (Å²) in [4.78, 5) is 3.81. The van der Waals surface area contributed by atoms with Crippen LogP contribution in [0.15, 0.2) is 88.6 Å². The van der Waals surface area contributed by atoms with Crippen molar-refractivity contribution in [2.24, 2.45) is 23.7 Å². The van der Waals surface area contributed by atoms with Gasteiger partial charge < -0.3 is 9.47 Å². The molecular formula is C29H35O2S+. The van der Waals surface area contributed by atoms with Crippen LogP contribution in [0.1, 0.15) is 44.9 Å². The van der Waals surface area contributed by atoms with E-state index >= 15 is 0 Å². The molecule has 1 unspecified atom stereocenters. The van der Waals surface area contributed by atoms with E-state index in [0.717, 1.165) is 42.3 Å². The minimum Gasteiger partial charge on any atom is -0.468 e. The Kier molecular flexibility index (Phi) is 6.75. The third kappa shape index (κ3) is 4.56. The van der Waals surface area contributed by atoms with Gasteiger partial charge in [0, 0.05) is 0 Å². The first-order chi connectivity index (χ1) is 15.7. The highest BCUT2D eigenvalue weighted by Crippen LogP contribution is 2.54. The number of rotatable bonds is 9. The number of benzene rings is 1. The van der Waals surface area contributed by atoms with Gasteiger partial charge in [0.05, 0.1) is 17.0 Å². The molecule has 2 nitrogen and oxygen atoms in total. The molecule has 0 N–H and O–H groups in total. The molecule has 6 rings (SSSR count). The van der Waals surface area contributed by atoms with E-state index in [1.54, 1.807) is 0 Å². The first kappa shape index (κ1) is 21.9. The summed E-state index contributed by atoms with van der Waals surface area (Å²) in [6, 6.07) is 8.53. The smallest absolute Gasteiger partial charge is 0.189 e. The van der Waals surface area contributed by atoms with Gasteiger partial charge in [-0.05, 0) is 117 Å². The first-order valence-corrected chi connectivity index (χ1v) is 13.4. The second-order valence-electron chi connectivity index (χ2n) is 9.70. The number of hydrogen-bond donors (Lipinski definition) is 0. The Morgan fingerprint density at radius 2 is 1.69 bits per heavy atom. The molecule has 168 valence electrons. The summed E-state index contributed by atoms with van der Waals surface area (Å²) in [5.41, 5.74) is 0. The molecule has 0 radical (unpaired) electrons. The van der Waals surface area contributed by atoms with Gasteiger partial charge in [0.25, 0.3) is 0 Å². The number of allylic oxidation sites excluding steroid dienone is 6. The zero-order chi connectivity index (χ0) is 21.9. The topological polar surface area (TPSA) is 18.5 Å². The average molecular weight is 448 g/mol. The highest BCUT2D eigenvalue weighted by Gasteiger charge is 2.48. The lowest BCUT2D eigenvalue weighted by molar-refractivity contribution is -0.155. The van der Waals surface area contributed by atoms with Crippen molar-refractivity contribution in [1.82, 2.24) is 0 Å². The van der Waals surface area contributed by atoms with Crippen molar-refractivity contribution in [1.29, 1.82) is 0 Å². The predicted octanol–water partition coefficient (Wildman–Crippen LogP) is 7.33. The fourth-order valence-electron chi connectivity index (χ4n) is 6.48. The molecule has 32 heavy (non-hydrogen) atoms. The molecule has 5 aliphatic carbocycles. The zero-order valence-electron chi connectivity index (χ0n) is 19.0. The van der Waals surface area contributed by atoms with Crippen LogP contribution in [0, 0.1) is 23.7 Å². The zero-order valence-corrected chi connectivity index (χ0v) is 19.8. The molecule has 1 aromatic rings. The highest BCUT2D eigenvalue weighted by molar-refractivity contribution is 8.04. The normalized spacial score (nSPS) is 31.8. The molecule has 3 heteroatoms. The van der Waals surface area contributed by atoms with Gasteiger partial charge >= 0.3 is 0 Å². The van der Waals surface area contributed by atoms with E-state index < -0.39 is 0 Å². The largest absolute Gasteiger partial charge is 0.468 e. The maximum absolute atomic E-state index is 6.31. The molecule has 0 aliphatic heterocycles. The van der Waals surface area contributed by atoms with Gasteiger partial charge in [-0.2, -0.15) is 0 Å². The van der Waals surface area contributed by atoms with Crippen LogP contribution in [0.4, 0.5) is 0 Å². The van der Waals surface area contributed by atoms with Crippen molar-refractivity contribution in [3.8, 4) is 5.75 Å². The lowest BCUT2D eigenvalue weighted by Gasteiger charge is -2.53. The average Bonchev–Trinajstić information content (AvgIpc) is 2.81. The van der Waals surface area contributed by atoms with Crippen LogP contribution in [0.3, 0.4) is 0 Å². The highest BCUT2D eigenvalue weighted by atomic mass is 32.2. The fraction of sp³-hybridized carbons (Fsp3) is 0.448. The maximum atomic E-state index is 6.31. The minimum absolute atomic E-state index is 0.173. The van der Waals surface area contributed by atoms with Gasteiger partial charge in [-0.15, -0.1) is 0 Å². The lowest BCUT2D eigenvalue weighted by atomic mass is 9.55. The van der Waals surface area contributed by atoms with Gasteiger partial charge in [-0.3, -0.25) is 0 Å². The molecule has 0 spiro atoms.